The van der Waals surface area contributed by atoms with Crippen LogP contribution in [0.1, 0.15) is 136 Å². The van der Waals surface area contributed by atoms with E-state index in [1.54, 1.807) is 12.1 Å². The van der Waals surface area contributed by atoms with Gasteiger partial charge in [-0.05, 0) is 56.2 Å². The molecule has 0 bridgehead atoms. The van der Waals surface area contributed by atoms with Crippen LogP contribution in [0.3, 0.4) is 0 Å². The van der Waals surface area contributed by atoms with Gasteiger partial charge in [-0.25, -0.2) is 9.59 Å². The van der Waals surface area contributed by atoms with Crippen LogP contribution in [-0.4, -0.2) is 25.8 Å². The second-order valence-corrected chi connectivity index (χ2v) is 12.7. The van der Waals surface area contributed by atoms with Crippen molar-refractivity contribution in [2.24, 2.45) is 0 Å². The van der Waals surface area contributed by atoms with Gasteiger partial charge in [-0.2, -0.15) is 0 Å². The molecule has 0 spiro atoms. The largest absolute Gasteiger partial charge is 0.449 e. The number of fused-ring (bicyclic) bond motifs is 1. The summed E-state index contributed by atoms with van der Waals surface area (Å²) in [4.78, 5) is 27.3. The second-order valence-electron chi connectivity index (χ2n) is 12.7. The number of carbonyl (C=O) groups is 1. The lowest BCUT2D eigenvalue weighted by Gasteiger charge is -2.21. The minimum atomic E-state index is -0.450. The summed E-state index contributed by atoms with van der Waals surface area (Å²) in [5.74, 6) is 0. The van der Waals surface area contributed by atoms with Crippen LogP contribution in [0.5, 0.6) is 0 Å². The molecule has 0 aliphatic rings. The van der Waals surface area contributed by atoms with E-state index in [1.807, 2.05) is 30.3 Å². The Bertz CT molecular complexity index is 1310. The van der Waals surface area contributed by atoms with Gasteiger partial charge >= 0.3 is 11.7 Å². The Kier molecular flexibility index (Phi) is 18.0. The number of hydrogen-bond donors (Lipinski definition) is 1. The van der Waals surface area contributed by atoms with Gasteiger partial charge in [0.2, 0.25) is 0 Å². The van der Waals surface area contributed by atoms with Gasteiger partial charge in [-0.3, -0.25) is 5.32 Å². The van der Waals surface area contributed by atoms with E-state index in [2.05, 4.69) is 37.1 Å². The summed E-state index contributed by atoms with van der Waals surface area (Å²) in [6.07, 6.45) is 23.5. The van der Waals surface area contributed by atoms with E-state index < -0.39 is 6.09 Å². The molecule has 1 aromatic heterocycles. The Morgan fingerprint density at radius 3 is 1.72 bits per heavy atom. The number of nitrogens with zero attached hydrogens (tertiary/aromatic N) is 1. The van der Waals surface area contributed by atoms with Gasteiger partial charge in [0.05, 0.1) is 12.2 Å². The maximum absolute atomic E-state index is 12.8. The van der Waals surface area contributed by atoms with Crippen LogP contribution in [0.25, 0.3) is 22.1 Å². The van der Waals surface area contributed by atoms with E-state index in [4.69, 9.17) is 9.15 Å². The number of amides is 1. The molecule has 0 aliphatic heterocycles. The van der Waals surface area contributed by atoms with Crippen molar-refractivity contribution in [1.82, 2.24) is 0 Å². The minimum Gasteiger partial charge on any atom is -0.449 e. The second kappa shape index (κ2) is 22.3. The predicted octanol–water partition coefficient (Wildman–Crippen LogP) is 11.9. The third-order valence-electron chi connectivity index (χ3n) is 9.02. The van der Waals surface area contributed by atoms with Crippen molar-refractivity contribution in [2.75, 3.05) is 29.9 Å². The zero-order valence-corrected chi connectivity index (χ0v) is 29.0. The Morgan fingerprint density at radius 1 is 0.674 bits per heavy atom. The van der Waals surface area contributed by atoms with Crippen LogP contribution in [0, 0.1) is 0 Å². The summed E-state index contributed by atoms with van der Waals surface area (Å²) in [7, 11) is 0. The van der Waals surface area contributed by atoms with E-state index in [1.165, 1.54) is 103 Å². The summed E-state index contributed by atoms with van der Waals surface area (Å²) < 4.78 is 11.1. The molecule has 3 aromatic rings. The molecule has 3 rings (SSSR count). The number of ether oxygens (including phenoxy) is 1. The molecule has 0 unspecified atom stereocenters. The number of anilines is 2. The van der Waals surface area contributed by atoms with E-state index in [0.717, 1.165) is 42.6 Å². The first-order valence-electron chi connectivity index (χ1n) is 18.4. The summed E-state index contributed by atoms with van der Waals surface area (Å²) in [5.41, 5.74) is 3.09. The highest BCUT2D eigenvalue weighted by atomic mass is 16.5. The molecule has 0 fully saturated rings. The van der Waals surface area contributed by atoms with Crippen molar-refractivity contribution in [2.45, 2.75) is 136 Å². The number of rotatable bonds is 24. The van der Waals surface area contributed by atoms with E-state index in [-0.39, 0.29) is 5.63 Å². The maximum atomic E-state index is 12.8. The molecule has 46 heavy (non-hydrogen) atoms. The fourth-order valence-corrected chi connectivity index (χ4v) is 6.14. The lowest BCUT2D eigenvalue weighted by Crippen LogP contribution is -2.21. The molecular weight excluding hydrogens is 572 g/mol. The molecule has 1 N–H and O–H groups in total. The van der Waals surface area contributed by atoms with Gasteiger partial charge in [0.1, 0.15) is 5.58 Å². The molecule has 1 heterocycles. The number of carbonyl (C=O) groups excluding carboxylic acids is 1. The van der Waals surface area contributed by atoms with Crippen molar-refractivity contribution in [3.63, 3.8) is 0 Å². The van der Waals surface area contributed by atoms with E-state index in [0.29, 0.717) is 23.4 Å². The van der Waals surface area contributed by atoms with Crippen molar-refractivity contribution in [3.05, 3.63) is 59.0 Å². The predicted molar refractivity (Wildman–Crippen MR) is 195 cm³/mol. The Balaban J connectivity index is 1.23. The first kappa shape index (κ1) is 37.2. The zero-order chi connectivity index (χ0) is 32.8. The number of nitrogens with one attached hydrogen (secondary N) is 1. The van der Waals surface area contributed by atoms with Gasteiger partial charge < -0.3 is 14.1 Å². The molecule has 1 amide bonds. The van der Waals surface area contributed by atoms with Crippen LogP contribution in [-0.2, 0) is 4.74 Å². The zero-order valence-electron chi connectivity index (χ0n) is 29.0. The Morgan fingerprint density at radius 2 is 1.20 bits per heavy atom. The van der Waals surface area contributed by atoms with Crippen LogP contribution in [0.15, 0.2) is 57.7 Å². The quantitative estimate of drug-likeness (QED) is 0.0786. The summed E-state index contributed by atoms with van der Waals surface area (Å²) in [5, 5.41) is 3.66. The molecule has 0 radical (unpaired) electrons. The van der Waals surface area contributed by atoms with Gasteiger partial charge in [-0.1, -0.05) is 128 Å². The molecule has 254 valence electrons. The van der Waals surface area contributed by atoms with Crippen LogP contribution in [0.2, 0.25) is 0 Å². The molecule has 2 aromatic carbocycles. The summed E-state index contributed by atoms with van der Waals surface area (Å²) >= 11 is 0. The van der Waals surface area contributed by atoms with Gasteiger partial charge in [0.25, 0.3) is 0 Å². The molecule has 6 nitrogen and oxygen atoms in total. The highest BCUT2D eigenvalue weighted by Gasteiger charge is 2.11. The van der Waals surface area contributed by atoms with Gasteiger partial charge in [0.15, 0.2) is 0 Å². The standard InChI is InChI=1S/C40H60N2O4/c1-4-7-8-9-10-11-12-13-14-15-16-17-18-19-20-21-22-23-30-45-40(44)41-35-27-24-33(25-28-35)37-31-34-26-29-36(42(5-2)6-3)32-38(34)46-39(37)43/h24-29,31-32H,4-23,30H2,1-3H3,(H,41,44). The van der Waals surface area contributed by atoms with Crippen LogP contribution >= 0.6 is 0 Å². The normalized spacial score (nSPS) is 11.2. The van der Waals surface area contributed by atoms with Crippen molar-refractivity contribution >= 4 is 28.4 Å². The van der Waals surface area contributed by atoms with Crippen molar-refractivity contribution in [1.29, 1.82) is 0 Å². The minimum absolute atomic E-state index is 0.381. The summed E-state index contributed by atoms with van der Waals surface area (Å²) in [6, 6.07) is 15.0. The Hall–Kier alpha value is -3.28. The average molecular weight is 633 g/mol. The van der Waals surface area contributed by atoms with Gasteiger partial charge in [0, 0.05) is 35.9 Å². The van der Waals surface area contributed by atoms with Crippen LogP contribution < -0.4 is 15.8 Å². The first-order chi connectivity index (χ1) is 22.5. The fraction of sp³-hybridized carbons (Fsp3) is 0.600. The smallest absolute Gasteiger partial charge is 0.411 e. The average Bonchev–Trinajstić information content (AvgIpc) is 3.06. The first-order valence-corrected chi connectivity index (χ1v) is 18.4. The highest BCUT2D eigenvalue weighted by Crippen LogP contribution is 2.26. The monoisotopic (exact) mass is 632 g/mol. The molecule has 0 aliphatic carbocycles. The third-order valence-corrected chi connectivity index (χ3v) is 9.02. The number of unbranched alkanes of at least 4 members (excludes halogenated alkanes) is 17. The molecular formula is C40H60N2O4. The SMILES string of the molecule is CCCCCCCCCCCCCCCCCCCCOC(=O)Nc1ccc(-c2cc3ccc(N(CC)CC)cc3oc2=O)cc1. The van der Waals surface area contributed by atoms with Crippen LogP contribution in [0.4, 0.5) is 16.2 Å². The van der Waals surface area contributed by atoms with Crippen molar-refractivity contribution in [3.8, 4) is 11.1 Å². The third kappa shape index (κ3) is 13.6. The topological polar surface area (TPSA) is 71.8 Å². The lowest BCUT2D eigenvalue weighted by molar-refractivity contribution is 0.159. The maximum Gasteiger partial charge on any atom is 0.411 e. The molecule has 6 heteroatoms. The molecule has 0 saturated carbocycles. The lowest BCUT2D eigenvalue weighted by atomic mass is 10.0. The molecule has 0 atom stereocenters. The fourth-order valence-electron chi connectivity index (χ4n) is 6.14. The van der Waals surface area contributed by atoms with Crippen molar-refractivity contribution < 1.29 is 13.9 Å². The number of benzene rings is 2. The number of hydrogen-bond acceptors (Lipinski definition) is 5. The van der Waals surface area contributed by atoms with E-state index >= 15 is 0 Å². The highest BCUT2D eigenvalue weighted by molar-refractivity contribution is 5.86. The van der Waals surface area contributed by atoms with E-state index in [9.17, 15) is 9.59 Å². The molecule has 0 saturated heterocycles. The summed E-state index contributed by atoms with van der Waals surface area (Å²) in [6.45, 7) is 8.69. The Labute approximate surface area is 278 Å². The van der Waals surface area contributed by atoms with Gasteiger partial charge in [-0.15, -0.1) is 0 Å².